The van der Waals surface area contributed by atoms with Gasteiger partial charge in [0, 0.05) is 6.26 Å². The Morgan fingerprint density at radius 1 is 1.04 bits per heavy atom. The maximum Gasteiger partial charge on any atom is 0.228 e. The number of anilines is 1. The smallest absolute Gasteiger partial charge is 0.228 e. The van der Waals surface area contributed by atoms with Crippen molar-refractivity contribution in [1.29, 1.82) is 0 Å². The van der Waals surface area contributed by atoms with Gasteiger partial charge in [-0.15, -0.1) is 0 Å². The van der Waals surface area contributed by atoms with Crippen LogP contribution >= 0.6 is 0 Å². The van der Waals surface area contributed by atoms with Gasteiger partial charge in [-0.1, -0.05) is 42.5 Å². The number of amides is 1. The second-order valence-electron chi connectivity index (χ2n) is 5.78. The molecule has 1 amide bonds. The predicted octanol–water partition coefficient (Wildman–Crippen LogP) is 3.56. The van der Waals surface area contributed by atoms with E-state index in [2.05, 4.69) is 5.32 Å². The molecule has 1 N–H and O–H groups in total. The van der Waals surface area contributed by atoms with E-state index >= 15 is 0 Å². The molecule has 128 valence electrons. The van der Waals surface area contributed by atoms with Gasteiger partial charge in [0.15, 0.2) is 9.84 Å². The lowest BCUT2D eigenvalue weighted by molar-refractivity contribution is -0.115. The summed E-state index contributed by atoms with van der Waals surface area (Å²) in [7, 11) is -3.48. The van der Waals surface area contributed by atoms with Crippen LogP contribution in [0.1, 0.15) is 5.56 Å². The number of hydrogen-bond acceptors (Lipinski definition) is 3. The predicted molar refractivity (Wildman–Crippen MR) is 95.8 cm³/mol. The molecule has 0 aliphatic rings. The number of fused-ring (bicyclic) bond motifs is 1. The Morgan fingerprint density at radius 2 is 1.76 bits per heavy atom. The van der Waals surface area contributed by atoms with Gasteiger partial charge in [0.05, 0.1) is 17.0 Å². The number of rotatable bonds is 4. The Labute approximate surface area is 145 Å². The fraction of sp³-hybridized carbons (Fsp3) is 0.105. The minimum Gasteiger partial charge on any atom is -0.323 e. The van der Waals surface area contributed by atoms with Crippen LogP contribution in [0.4, 0.5) is 10.1 Å². The number of carbonyl (C=O) groups excluding carboxylic acids is 1. The summed E-state index contributed by atoms with van der Waals surface area (Å²) in [6, 6.07) is 16.7. The fourth-order valence-corrected chi connectivity index (χ4v) is 3.29. The molecule has 0 aliphatic heterocycles. The lowest BCUT2D eigenvalue weighted by atomic mass is 10.0. The zero-order valence-electron chi connectivity index (χ0n) is 13.5. The van der Waals surface area contributed by atoms with Crippen LogP contribution in [-0.2, 0) is 21.1 Å². The lowest BCUT2D eigenvalue weighted by Gasteiger charge is -2.10. The first-order valence-corrected chi connectivity index (χ1v) is 9.50. The van der Waals surface area contributed by atoms with E-state index in [-0.39, 0.29) is 17.0 Å². The normalized spacial score (nSPS) is 11.4. The first kappa shape index (κ1) is 17.1. The van der Waals surface area contributed by atoms with E-state index in [1.165, 1.54) is 6.07 Å². The quantitative estimate of drug-likeness (QED) is 0.726. The second-order valence-corrected chi connectivity index (χ2v) is 7.79. The maximum atomic E-state index is 13.9. The Kier molecular flexibility index (Phi) is 4.55. The van der Waals surface area contributed by atoms with Gasteiger partial charge < -0.3 is 5.32 Å². The molecule has 0 bridgehead atoms. The highest BCUT2D eigenvalue weighted by molar-refractivity contribution is 7.90. The summed E-state index contributed by atoms with van der Waals surface area (Å²) in [5.74, 6) is -1.10. The van der Waals surface area contributed by atoms with Crippen molar-refractivity contribution in [2.24, 2.45) is 0 Å². The van der Waals surface area contributed by atoms with Crippen LogP contribution in [-0.4, -0.2) is 20.6 Å². The summed E-state index contributed by atoms with van der Waals surface area (Å²) in [5, 5.41) is 4.42. The molecule has 0 fully saturated rings. The Balaban J connectivity index is 1.86. The molecule has 0 radical (unpaired) electrons. The molecular weight excluding hydrogens is 341 g/mol. The molecule has 6 heteroatoms. The van der Waals surface area contributed by atoms with Crippen molar-refractivity contribution in [2.45, 2.75) is 11.3 Å². The van der Waals surface area contributed by atoms with Crippen LogP contribution in [0.3, 0.4) is 0 Å². The molecule has 0 aromatic heterocycles. The minimum atomic E-state index is -3.48. The third-order valence-corrected chi connectivity index (χ3v) is 4.98. The van der Waals surface area contributed by atoms with Crippen molar-refractivity contribution in [1.82, 2.24) is 0 Å². The highest BCUT2D eigenvalue weighted by Gasteiger charge is 2.14. The number of hydrogen-bond donors (Lipinski definition) is 1. The van der Waals surface area contributed by atoms with Gasteiger partial charge in [0.25, 0.3) is 0 Å². The Hall–Kier alpha value is -2.73. The van der Waals surface area contributed by atoms with E-state index in [1.807, 2.05) is 42.5 Å². The van der Waals surface area contributed by atoms with Gasteiger partial charge in [-0.2, -0.15) is 0 Å². The molecule has 0 unspecified atom stereocenters. The summed E-state index contributed by atoms with van der Waals surface area (Å²) in [6.07, 6.45) is 1.09. The molecule has 0 atom stereocenters. The van der Waals surface area contributed by atoms with Crippen molar-refractivity contribution in [3.8, 4) is 0 Å². The molecule has 0 aliphatic carbocycles. The molecule has 3 rings (SSSR count). The van der Waals surface area contributed by atoms with E-state index in [4.69, 9.17) is 0 Å². The fourth-order valence-electron chi connectivity index (χ4n) is 2.64. The first-order valence-electron chi connectivity index (χ1n) is 7.61. The third-order valence-electron chi connectivity index (χ3n) is 3.87. The molecule has 4 nitrogen and oxygen atoms in total. The van der Waals surface area contributed by atoms with Crippen molar-refractivity contribution >= 4 is 32.2 Å². The minimum absolute atomic E-state index is 0.0469. The molecule has 25 heavy (non-hydrogen) atoms. The summed E-state index contributed by atoms with van der Waals surface area (Å²) in [4.78, 5) is 12.3. The van der Waals surface area contributed by atoms with E-state index in [0.717, 1.165) is 34.7 Å². The molecule has 0 heterocycles. The van der Waals surface area contributed by atoms with Crippen molar-refractivity contribution in [3.05, 3.63) is 72.0 Å². The van der Waals surface area contributed by atoms with E-state index in [9.17, 15) is 17.6 Å². The average molecular weight is 357 g/mol. The largest absolute Gasteiger partial charge is 0.323 e. The zero-order valence-corrected chi connectivity index (χ0v) is 14.3. The van der Waals surface area contributed by atoms with E-state index in [1.54, 1.807) is 0 Å². The second kappa shape index (κ2) is 6.64. The highest BCUT2D eigenvalue weighted by Crippen LogP contribution is 2.22. The summed E-state index contributed by atoms with van der Waals surface area (Å²) < 4.78 is 37.1. The van der Waals surface area contributed by atoms with Gasteiger partial charge in [0.1, 0.15) is 5.82 Å². The van der Waals surface area contributed by atoms with Gasteiger partial charge in [-0.05, 0) is 34.5 Å². The van der Waals surface area contributed by atoms with Crippen LogP contribution < -0.4 is 5.32 Å². The molecule has 0 saturated heterocycles. The number of benzene rings is 3. The summed E-state index contributed by atoms with van der Waals surface area (Å²) in [5.41, 5.74) is 0.670. The van der Waals surface area contributed by atoms with Crippen LogP contribution in [0.25, 0.3) is 10.8 Å². The summed E-state index contributed by atoms with van der Waals surface area (Å²) in [6.45, 7) is 0. The van der Waals surface area contributed by atoms with Crippen molar-refractivity contribution in [3.63, 3.8) is 0 Å². The molecular formula is C19H16FNO3S. The number of nitrogens with one attached hydrogen (secondary N) is 1. The average Bonchev–Trinajstić information content (AvgIpc) is 2.56. The Morgan fingerprint density at radius 3 is 2.52 bits per heavy atom. The zero-order chi connectivity index (χ0) is 18.0. The molecule has 3 aromatic rings. The molecule has 0 spiro atoms. The van der Waals surface area contributed by atoms with Crippen LogP contribution in [0.5, 0.6) is 0 Å². The number of carbonyl (C=O) groups is 1. The highest BCUT2D eigenvalue weighted by atomic mass is 32.2. The number of halogens is 1. The van der Waals surface area contributed by atoms with E-state index < -0.39 is 21.6 Å². The van der Waals surface area contributed by atoms with Gasteiger partial charge >= 0.3 is 0 Å². The third kappa shape index (κ3) is 3.85. The van der Waals surface area contributed by atoms with Crippen LogP contribution in [0.15, 0.2) is 65.6 Å². The van der Waals surface area contributed by atoms with Crippen molar-refractivity contribution in [2.75, 3.05) is 11.6 Å². The molecule has 0 saturated carbocycles. The summed E-state index contributed by atoms with van der Waals surface area (Å²) >= 11 is 0. The SMILES string of the molecule is CS(=O)(=O)c1ccc(F)c(NC(=O)Cc2cccc3ccccc23)c1. The van der Waals surface area contributed by atoms with Gasteiger partial charge in [0.2, 0.25) is 5.91 Å². The number of sulfone groups is 1. The Bertz CT molecular complexity index is 1060. The van der Waals surface area contributed by atoms with Crippen LogP contribution in [0, 0.1) is 5.82 Å². The van der Waals surface area contributed by atoms with Crippen LogP contribution in [0.2, 0.25) is 0 Å². The monoisotopic (exact) mass is 357 g/mol. The van der Waals surface area contributed by atoms with Crippen molar-refractivity contribution < 1.29 is 17.6 Å². The van der Waals surface area contributed by atoms with Gasteiger partial charge in [-0.25, -0.2) is 12.8 Å². The maximum absolute atomic E-state index is 13.9. The standard InChI is InChI=1S/C19H16FNO3S/c1-25(23,24)15-9-10-17(20)18(12-15)21-19(22)11-14-7-4-6-13-5-2-3-8-16(13)14/h2-10,12H,11H2,1H3,(H,21,22). The molecule has 3 aromatic carbocycles. The van der Waals surface area contributed by atoms with E-state index in [0.29, 0.717) is 0 Å². The van der Waals surface area contributed by atoms with Gasteiger partial charge in [-0.3, -0.25) is 4.79 Å². The first-order chi connectivity index (χ1) is 11.8. The lowest BCUT2D eigenvalue weighted by Crippen LogP contribution is -2.16. The topological polar surface area (TPSA) is 63.2 Å².